The van der Waals surface area contributed by atoms with E-state index >= 15 is 0 Å². The molecule has 0 spiro atoms. The number of aromatic nitrogens is 1. The first-order valence-corrected chi connectivity index (χ1v) is 5.17. The van der Waals surface area contributed by atoms with Gasteiger partial charge in [0.2, 0.25) is 5.91 Å². The van der Waals surface area contributed by atoms with Gasteiger partial charge in [0, 0.05) is 12.7 Å². The first-order chi connectivity index (χ1) is 7.18. The van der Waals surface area contributed by atoms with E-state index in [-0.39, 0.29) is 11.9 Å². The molecule has 1 unspecified atom stereocenters. The zero-order valence-corrected chi connectivity index (χ0v) is 8.81. The first-order valence-electron chi connectivity index (χ1n) is 5.17. The molecule has 0 bridgehead atoms. The summed E-state index contributed by atoms with van der Waals surface area (Å²) in [7, 11) is 0. The molecule has 1 atom stereocenters. The Morgan fingerprint density at radius 1 is 1.60 bits per heavy atom. The number of carbonyl (C=O) groups excluding carboxylic acids is 1. The molecule has 1 fully saturated rings. The number of rotatable bonds is 2. The van der Waals surface area contributed by atoms with Crippen molar-refractivity contribution in [2.24, 2.45) is 5.73 Å². The molecule has 2 N–H and O–H groups in total. The predicted octanol–water partition coefficient (Wildman–Crippen LogP) is 0.844. The number of primary amides is 1. The van der Waals surface area contributed by atoms with Crippen molar-refractivity contribution in [1.29, 1.82) is 0 Å². The van der Waals surface area contributed by atoms with Crippen LogP contribution in [0, 0.1) is 6.92 Å². The van der Waals surface area contributed by atoms with Crippen molar-refractivity contribution in [3.63, 3.8) is 0 Å². The maximum atomic E-state index is 11.2. The third-order valence-electron chi connectivity index (χ3n) is 2.77. The highest BCUT2D eigenvalue weighted by Crippen LogP contribution is 2.23. The van der Waals surface area contributed by atoms with Crippen molar-refractivity contribution in [3.05, 3.63) is 23.9 Å². The van der Waals surface area contributed by atoms with Gasteiger partial charge in [-0.05, 0) is 31.4 Å². The van der Waals surface area contributed by atoms with Crippen molar-refractivity contribution in [2.75, 3.05) is 11.4 Å². The fourth-order valence-electron chi connectivity index (χ4n) is 1.97. The number of nitrogens with two attached hydrogens (primary N) is 1. The van der Waals surface area contributed by atoms with Gasteiger partial charge in [-0.3, -0.25) is 4.79 Å². The molecule has 15 heavy (non-hydrogen) atoms. The molecule has 80 valence electrons. The molecule has 0 aliphatic carbocycles. The summed E-state index contributed by atoms with van der Waals surface area (Å²) in [6, 6.07) is 3.76. The van der Waals surface area contributed by atoms with E-state index in [1.807, 2.05) is 30.2 Å². The fraction of sp³-hybridized carbons (Fsp3) is 0.455. The van der Waals surface area contributed by atoms with E-state index in [0.29, 0.717) is 0 Å². The van der Waals surface area contributed by atoms with Gasteiger partial charge < -0.3 is 10.6 Å². The molecule has 1 saturated heterocycles. The van der Waals surface area contributed by atoms with Gasteiger partial charge in [-0.2, -0.15) is 0 Å². The van der Waals surface area contributed by atoms with E-state index in [9.17, 15) is 4.79 Å². The second-order valence-corrected chi connectivity index (χ2v) is 3.95. The predicted molar refractivity (Wildman–Crippen MR) is 58.5 cm³/mol. The van der Waals surface area contributed by atoms with Crippen LogP contribution in [0.15, 0.2) is 18.3 Å². The van der Waals surface area contributed by atoms with Gasteiger partial charge >= 0.3 is 0 Å². The lowest BCUT2D eigenvalue weighted by molar-refractivity contribution is -0.119. The van der Waals surface area contributed by atoms with Gasteiger partial charge in [0.25, 0.3) is 0 Å². The molecule has 0 radical (unpaired) electrons. The minimum atomic E-state index is -0.255. The molecule has 0 saturated carbocycles. The average Bonchev–Trinajstić information content (AvgIpc) is 2.67. The second kappa shape index (κ2) is 3.88. The van der Waals surface area contributed by atoms with Crippen molar-refractivity contribution in [1.82, 2.24) is 4.98 Å². The van der Waals surface area contributed by atoms with E-state index in [1.54, 1.807) is 0 Å². The highest BCUT2D eigenvalue weighted by molar-refractivity contribution is 5.83. The van der Waals surface area contributed by atoms with Crippen LogP contribution in [0.4, 0.5) is 5.82 Å². The quantitative estimate of drug-likeness (QED) is 0.778. The van der Waals surface area contributed by atoms with E-state index in [1.165, 1.54) is 0 Å². The van der Waals surface area contributed by atoms with Crippen LogP contribution < -0.4 is 10.6 Å². The number of hydrogen-bond donors (Lipinski definition) is 1. The number of pyridine rings is 1. The molecule has 1 aromatic heterocycles. The molecule has 1 aromatic rings. The smallest absolute Gasteiger partial charge is 0.240 e. The summed E-state index contributed by atoms with van der Waals surface area (Å²) in [5.41, 5.74) is 6.47. The topological polar surface area (TPSA) is 59.2 Å². The minimum Gasteiger partial charge on any atom is -0.368 e. The Hall–Kier alpha value is -1.58. The Kier molecular flexibility index (Phi) is 2.58. The van der Waals surface area contributed by atoms with Gasteiger partial charge in [0.1, 0.15) is 11.9 Å². The van der Waals surface area contributed by atoms with E-state index in [2.05, 4.69) is 4.98 Å². The summed E-state index contributed by atoms with van der Waals surface area (Å²) in [6.07, 6.45) is 3.65. The lowest BCUT2D eigenvalue weighted by Crippen LogP contribution is -2.40. The van der Waals surface area contributed by atoms with Crippen LogP contribution in [0.2, 0.25) is 0 Å². The van der Waals surface area contributed by atoms with Gasteiger partial charge in [-0.15, -0.1) is 0 Å². The zero-order valence-electron chi connectivity index (χ0n) is 8.81. The largest absolute Gasteiger partial charge is 0.368 e. The maximum Gasteiger partial charge on any atom is 0.240 e. The Labute approximate surface area is 89.1 Å². The molecule has 4 heteroatoms. The van der Waals surface area contributed by atoms with Crippen LogP contribution in [-0.2, 0) is 4.79 Å². The lowest BCUT2D eigenvalue weighted by Gasteiger charge is -2.23. The maximum absolute atomic E-state index is 11.2. The Bertz CT molecular complexity index is 361. The van der Waals surface area contributed by atoms with Gasteiger partial charge in [0.05, 0.1) is 0 Å². The van der Waals surface area contributed by atoms with E-state index < -0.39 is 0 Å². The van der Waals surface area contributed by atoms with Crippen molar-refractivity contribution < 1.29 is 4.79 Å². The molecule has 1 aliphatic rings. The zero-order chi connectivity index (χ0) is 10.8. The molecule has 2 rings (SSSR count). The summed E-state index contributed by atoms with van der Waals surface area (Å²) >= 11 is 0. The van der Waals surface area contributed by atoms with Crippen molar-refractivity contribution in [2.45, 2.75) is 25.8 Å². The van der Waals surface area contributed by atoms with Gasteiger partial charge in [-0.25, -0.2) is 4.98 Å². The summed E-state index contributed by atoms with van der Waals surface area (Å²) in [5.74, 6) is 0.594. The summed E-state index contributed by atoms with van der Waals surface area (Å²) in [5, 5.41) is 0. The molecule has 1 aliphatic heterocycles. The highest BCUT2D eigenvalue weighted by Gasteiger charge is 2.29. The third-order valence-corrected chi connectivity index (χ3v) is 2.77. The minimum absolute atomic E-state index is 0.180. The normalized spacial score (nSPS) is 20.6. The standard InChI is InChI=1S/C11H15N3O/c1-8-4-5-10(13-7-8)14-6-2-3-9(14)11(12)15/h4-5,7,9H,2-3,6H2,1H3,(H2,12,15). The Morgan fingerprint density at radius 2 is 2.40 bits per heavy atom. The number of anilines is 1. The van der Waals surface area contributed by atoms with Crippen molar-refractivity contribution in [3.8, 4) is 0 Å². The molecule has 2 heterocycles. The summed E-state index contributed by atoms with van der Waals surface area (Å²) < 4.78 is 0. The highest BCUT2D eigenvalue weighted by atomic mass is 16.1. The molecule has 0 aromatic carbocycles. The number of aryl methyl sites for hydroxylation is 1. The number of amides is 1. The summed E-state index contributed by atoms with van der Waals surface area (Å²) in [4.78, 5) is 17.5. The summed E-state index contributed by atoms with van der Waals surface area (Å²) in [6.45, 7) is 2.86. The molecule has 4 nitrogen and oxygen atoms in total. The average molecular weight is 205 g/mol. The SMILES string of the molecule is Cc1ccc(N2CCCC2C(N)=O)nc1. The Morgan fingerprint density at radius 3 is 3.00 bits per heavy atom. The number of carbonyl (C=O) groups is 1. The Balaban J connectivity index is 2.22. The third kappa shape index (κ3) is 1.93. The fourth-order valence-corrected chi connectivity index (χ4v) is 1.97. The second-order valence-electron chi connectivity index (χ2n) is 3.95. The monoisotopic (exact) mass is 205 g/mol. The van der Waals surface area contributed by atoms with Crippen LogP contribution in [0.5, 0.6) is 0 Å². The molecular formula is C11H15N3O. The van der Waals surface area contributed by atoms with Crippen LogP contribution in [0.1, 0.15) is 18.4 Å². The number of nitrogens with zero attached hydrogens (tertiary/aromatic N) is 2. The van der Waals surface area contributed by atoms with Crippen LogP contribution >= 0.6 is 0 Å². The molecule has 1 amide bonds. The van der Waals surface area contributed by atoms with Crippen LogP contribution in [-0.4, -0.2) is 23.5 Å². The van der Waals surface area contributed by atoms with E-state index in [0.717, 1.165) is 30.8 Å². The van der Waals surface area contributed by atoms with Crippen molar-refractivity contribution >= 4 is 11.7 Å². The first kappa shape index (κ1) is 9.96. The van der Waals surface area contributed by atoms with Crippen LogP contribution in [0.3, 0.4) is 0 Å². The van der Waals surface area contributed by atoms with Gasteiger partial charge in [-0.1, -0.05) is 6.07 Å². The van der Waals surface area contributed by atoms with Crippen LogP contribution in [0.25, 0.3) is 0 Å². The lowest BCUT2D eigenvalue weighted by atomic mass is 10.2. The van der Waals surface area contributed by atoms with Gasteiger partial charge in [0.15, 0.2) is 0 Å². The number of hydrogen-bond acceptors (Lipinski definition) is 3. The molecular weight excluding hydrogens is 190 g/mol. The van der Waals surface area contributed by atoms with E-state index in [4.69, 9.17) is 5.73 Å².